The van der Waals surface area contributed by atoms with Gasteiger partial charge in [0.05, 0.1) is 12.3 Å². The van der Waals surface area contributed by atoms with Crippen LogP contribution in [0.15, 0.2) is 29.4 Å². The van der Waals surface area contributed by atoms with E-state index in [9.17, 15) is 0 Å². The normalized spacial score (nSPS) is 11.1. The van der Waals surface area contributed by atoms with Gasteiger partial charge in [-0.3, -0.25) is 9.67 Å². The highest BCUT2D eigenvalue weighted by Crippen LogP contribution is 2.07. The Balaban J connectivity index is 0.00000392. The first-order valence-corrected chi connectivity index (χ1v) is 9.14. The number of hydrogen-bond acceptors (Lipinski definition) is 5. The maximum atomic E-state index is 5.46. The van der Waals surface area contributed by atoms with Gasteiger partial charge in [0, 0.05) is 51.7 Å². The molecule has 0 bridgehead atoms. The minimum Gasteiger partial charge on any atom is -0.475 e. The van der Waals surface area contributed by atoms with Gasteiger partial charge in [-0.1, -0.05) is 6.07 Å². The number of hydrogen-bond donors (Lipinski definition) is 2. The Morgan fingerprint density at radius 1 is 1.21 bits per heavy atom. The van der Waals surface area contributed by atoms with Gasteiger partial charge >= 0.3 is 0 Å². The van der Waals surface area contributed by atoms with E-state index in [1.165, 1.54) is 5.69 Å². The lowest BCUT2D eigenvalue weighted by Gasteiger charge is -2.12. The van der Waals surface area contributed by atoms with Crippen LogP contribution in [0.3, 0.4) is 0 Å². The molecule has 0 spiro atoms. The molecule has 8 nitrogen and oxygen atoms in total. The second-order valence-corrected chi connectivity index (χ2v) is 6.20. The highest BCUT2D eigenvalue weighted by atomic mass is 127. The summed E-state index contributed by atoms with van der Waals surface area (Å²) in [5.41, 5.74) is 3.30. The number of guanidine groups is 1. The lowest BCUT2D eigenvalue weighted by molar-refractivity contribution is 0.143. The summed E-state index contributed by atoms with van der Waals surface area (Å²) < 4.78 is 12.4. The van der Waals surface area contributed by atoms with Crippen LogP contribution in [0, 0.1) is 13.8 Å². The molecule has 0 aromatic carbocycles. The lowest BCUT2D eigenvalue weighted by atomic mass is 10.3. The largest absolute Gasteiger partial charge is 0.475 e. The van der Waals surface area contributed by atoms with Crippen molar-refractivity contribution in [2.75, 3.05) is 33.9 Å². The van der Waals surface area contributed by atoms with Crippen LogP contribution in [-0.4, -0.2) is 54.6 Å². The first kappa shape index (κ1) is 24.2. The number of nitrogens with zero attached hydrogens (tertiary/aromatic N) is 4. The Hall–Kier alpha value is -1.88. The molecule has 0 unspecified atom stereocenters. The molecule has 0 aliphatic carbocycles. The van der Waals surface area contributed by atoms with E-state index in [0.29, 0.717) is 25.6 Å². The fourth-order valence-electron chi connectivity index (χ4n) is 2.57. The van der Waals surface area contributed by atoms with Gasteiger partial charge in [0.15, 0.2) is 5.96 Å². The fourth-order valence-corrected chi connectivity index (χ4v) is 2.57. The zero-order valence-electron chi connectivity index (χ0n) is 17.1. The van der Waals surface area contributed by atoms with Crippen molar-refractivity contribution in [2.24, 2.45) is 4.99 Å². The number of methoxy groups -OCH3 is 1. The van der Waals surface area contributed by atoms with Crippen molar-refractivity contribution in [1.82, 2.24) is 25.4 Å². The Morgan fingerprint density at radius 2 is 2.04 bits per heavy atom. The molecule has 2 aromatic rings. The summed E-state index contributed by atoms with van der Waals surface area (Å²) in [6.07, 6.45) is 2.77. The second-order valence-electron chi connectivity index (χ2n) is 6.20. The summed E-state index contributed by atoms with van der Waals surface area (Å²) >= 11 is 0. The number of aromatic nitrogens is 3. The summed E-state index contributed by atoms with van der Waals surface area (Å²) in [5, 5.41) is 11.1. The van der Waals surface area contributed by atoms with Crippen LogP contribution in [-0.2, 0) is 17.8 Å². The van der Waals surface area contributed by atoms with Crippen LogP contribution in [0.2, 0.25) is 0 Å². The van der Waals surface area contributed by atoms with Crippen molar-refractivity contribution in [3.05, 3.63) is 41.3 Å². The third-order valence-electron chi connectivity index (χ3n) is 3.96. The van der Waals surface area contributed by atoms with Crippen LogP contribution in [0.5, 0.6) is 5.88 Å². The highest BCUT2D eigenvalue weighted by Gasteiger charge is 2.02. The van der Waals surface area contributed by atoms with E-state index in [-0.39, 0.29) is 24.0 Å². The molecule has 0 atom stereocenters. The van der Waals surface area contributed by atoms with Crippen LogP contribution < -0.4 is 15.4 Å². The summed E-state index contributed by atoms with van der Waals surface area (Å²) in [6, 6.07) is 5.94. The molecular formula is C19H31IN6O2. The zero-order valence-corrected chi connectivity index (χ0v) is 19.4. The van der Waals surface area contributed by atoms with Gasteiger partial charge < -0.3 is 20.1 Å². The molecule has 0 amide bonds. The van der Waals surface area contributed by atoms with E-state index >= 15 is 0 Å². The second kappa shape index (κ2) is 13.3. The quantitative estimate of drug-likeness (QED) is 0.225. The van der Waals surface area contributed by atoms with Gasteiger partial charge in [-0.2, -0.15) is 5.10 Å². The van der Waals surface area contributed by atoms with Crippen LogP contribution in [0.25, 0.3) is 0 Å². The van der Waals surface area contributed by atoms with Gasteiger partial charge in [-0.25, -0.2) is 4.98 Å². The Labute approximate surface area is 184 Å². The van der Waals surface area contributed by atoms with Crippen molar-refractivity contribution in [3.8, 4) is 5.88 Å². The first-order chi connectivity index (χ1) is 13.1. The Bertz CT molecular complexity index is 718. The third-order valence-corrected chi connectivity index (χ3v) is 3.96. The monoisotopic (exact) mass is 502 g/mol. The molecular weight excluding hydrogens is 471 g/mol. The van der Waals surface area contributed by atoms with Gasteiger partial charge in [-0.15, -0.1) is 24.0 Å². The van der Waals surface area contributed by atoms with Crippen LogP contribution >= 0.6 is 24.0 Å². The average molecular weight is 502 g/mol. The summed E-state index contributed by atoms with van der Waals surface area (Å²) in [5.74, 6) is 1.37. The topological polar surface area (TPSA) is 85.6 Å². The fraction of sp³-hybridized carbons (Fsp3) is 0.526. The maximum absolute atomic E-state index is 5.46. The van der Waals surface area contributed by atoms with Crippen LogP contribution in [0.1, 0.15) is 23.4 Å². The molecule has 2 heterocycles. The zero-order chi connectivity index (χ0) is 19.5. The van der Waals surface area contributed by atoms with Crippen molar-refractivity contribution in [1.29, 1.82) is 0 Å². The molecule has 156 valence electrons. The molecule has 2 N–H and O–H groups in total. The summed E-state index contributed by atoms with van der Waals surface area (Å²) in [4.78, 5) is 8.54. The molecule has 0 aliphatic rings. The molecule has 0 saturated heterocycles. The Morgan fingerprint density at radius 3 is 2.64 bits per heavy atom. The lowest BCUT2D eigenvalue weighted by Crippen LogP contribution is -2.37. The number of nitrogens with one attached hydrogen (secondary N) is 2. The van der Waals surface area contributed by atoms with E-state index in [2.05, 4.69) is 38.7 Å². The van der Waals surface area contributed by atoms with Crippen molar-refractivity contribution in [3.63, 3.8) is 0 Å². The highest BCUT2D eigenvalue weighted by molar-refractivity contribution is 14.0. The standard InChI is InChI=1S/C19H30N6O2.HI/c1-15-12-16(2)25(24-15)9-5-8-21-19(20-3)23-14-17-6-7-18(22-13-17)27-11-10-26-4;/h6-7,12-13H,5,8-11,14H2,1-4H3,(H2,20,21,23);1H. The molecule has 0 aliphatic heterocycles. The minimum atomic E-state index is 0. The van der Waals surface area contributed by atoms with Gasteiger partial charge in [-0.05, 0) is 31.9 Å². The molecule has 0 radical (unpaired) electrons. The molecule has 0 saturated carbocycles. The number of rotatable bonds is 10. The number of halogens is 1. The van der Waals surface area contributed by atoms with Crippen molar-refractivity contribution < 1.29 is 9.47 Å². The molecule has 28 heavy (non-hydrogen) atoms. The van der Waals surface area contributed by atoms with Gasteiger partial charge in [0.25, 0.3) is 0 Å². The maximum Gasteiger partial charge on any atom is 0.213 e. The SMILES string of the molecule is CN=C(NCCCn1nc(C)cc1C)NCc1ccc(OCCOC)nc1.I. The average Bonchev–Trinajstić information content (AvgIpc) is 2.99. The molecule has 2 rings (SSSR count). The smallest absolute Gasteiger partial charge is 0.213 e. The Kier molecular flexibility index (Phi) is 11.5. The van der Waals surface area contributed by atoms with Crippen LogP contribution in [0.4, 0.5) is 0 Å². The van der Waals surface area contributed by atoms with Crippen molar-refractivity contribution in [2.45, 2.75) is 33.4 Å². The predicted octanol–water partition coefficient (Wildman–Crippen LogP) is 2.29. The van der Waals surface area contributed by atoms with E-state index in [1.807, 2.05) is 23.7 Å². The molecule has 9 heteroatoms. The van der Waals surface area contributed by atoms with Gasteiger partial charge in [0.1, 0.15) is 6.61 Å². The number of aliphatic imine (C=N–C) groups is 1. The summed E-state index contributed by atoms with van der Waals surface area (Å²) in [6.45, 7) is 7.49. The first-order valence-electron chi connectivity index (χ1n) is 9.14. The summed E-state index contributed by atoms with van der Waals surface area (Å²) in [7, 11) is 3.41. The van der Waals surface area contributed by atoms with E-state index < -0.39 is 0 Å². The van der Waals surface area contributed by atoms with Crippen molar-refractivity contribution >= 4 is 29.9 Å². The minimum absolute atomic E-state index is 0. The number of pyridine rings is 1. The molecule has 0 fully saturated rings. The predicted molar refractivity (Wildman–Crippen MR) is 122 cm³/mol. The molecule has 2 aromatic heterocycles. The van der Waals surface area contributed by atoms with E-state index in [4.69, 9.17) is 9.47 Å². The number of aryl methyl sites for hydroxylation is 3. The van der Waals surface area contributed by atoms with Gasteiger partial charge in [0.2, 0.25) is 5.88 Å². The third kappa shape index (κ3) is 8.42. The van der Waals surface area contributed by atoms with E-state index in [1.54, 1.807) is 20.4 Å². The van der Waals surface area contributed by atoms with E-state index in [0.717, 1.165) is 36.7 Å². The number of ether oxygens (including phenoxy) is 2.